The van der Waals surface area contributed by atoms with Gasteiger partial charge in [0.25, 0.3) is 0 Å². The summed E-state index contributed by atoms with van der Waals surface area (Å²) in [6, 6.07) is 0. The molecular formula is C24H52NO3+. The molecule has 0 amide bonds. The van der Waals surface area contributed by atoms with Crippen LogP contribution < -0.4 is 0 Å². The SMILES string of the molecule is CCCCCCCCCCCCCCCCOCC(C[N+](C)(C)CCO)OC. The monoisotopic (exact) mass is 402 g/mol. The molecule has 4 heteroatoms. The standard InChI is InChI=1S/C24H52NO3/c1-5-6-7-8-9-10-11-12-13-14-15-16-17-18-21-28-23-24(27-4)22-25(2,3)19-20-26/h24,26H,5-23H2,1-4H3/q+1. The van der Waals surface area contributed by atoms with Crippen LogP contribution in [0.1, 0.15) is 96.8 Å². The largest absolute Gasteiger partial charge is 0.391 e. The fourth-order valence-electron chi connectivity index (χ4n) is 3.72. The topological polar surface area (TPSA) is 38.7 Å². The summed E-state index contributed by atoms with van der Waals surface area (Å²) in [6.07, 6.45) is 19.5. The van der Waals surface area contributed by atoms with Crippen molar-refractivity contribution in [3.8, 4) is 0 Å². The van der Waals surface area contributed by atoms with E-state index >= 15 is 0 Å². The second kappa shape index (κ2) is 20.1. The van der Waals surface area contributed by atoms with Crippen LogP contribution in [0.15, 0.2) is 0 Å². The molecule has 0 aliphatic carbocycles. The summed E-state index contributed by atoms with van der Waals surface area (Å²) in [5, 5.41) is 9.12. The van der Waals surface area contributed by atoms with Gasteiger partial charge in [0.05, 0.1) is 27.3 Å². The van der Waals surface area contributed by atoms with Crippen LogP contribution >= 0.6 is 0 Å². The summed E-state index contributed by atoms with van der Waals surface area (Å²) >= 11 is 0. The fraction of sp³-hybridized carbons (Fsp3) is 1.00. The lowest BCUT2D eigenvalue weighted by atomic mass is 10.0. The normalized spacial score (nSPS) is 13.2. The zero-order chi connectivity index (χ0) is 20.9. The summed E-state index contributed by atoms with van der Waals surface area (Å²) in [5.74, 6) is 0. The summed E-state index contributed by atoms with van der Waals surface area (Å²) in [6.45, 7) is 5.61. The van der Waals surface area contributed by atoms with Crippen LogP contribution in [0.2, 0.25) is 0 Å². The number of hydrogen-bond donors (Lipinski definition) is 1. The van der Waals surface area contributed by atoms with E-state index in [-0.39, 0.29) is 12.7 Å². The van der Waals surface area contributed by atoms with Crippen molar-refractivity contribution < 1.29 is 19.1 Å². The van der Waals surface area contributed by atoms with Crippen molar-refractivity contribution >= 4 is 0 Å². The smallest absolute Gasteiger partial charge is 0.129 e. The third-order valence-corrected chi connectivity index (χ3v) is 5.68. The molecule has 0 aromatic rings. The molecule has 0 spiro atoms. The first kappa shape index (κ1) is 27.8. The van der Waals surface area contributed by atoms with Gasteiger partial charge in [0, 0.05) is 13.7 Å². The molecule has 0 rings (SSSR count). The van der Waals surface area contributed by atoms with Crippen molar-refractivity contribution in [1.29, 1.82) is 0 Å². The van der Waals surface area contributed by atoms with E-state index in [1.54, 1.807) is 7.11 Å². The molecule has 0 radical (unpaired) electrons. The van der Waals surface area contributed by atoms with E-state index < -0.39 is 0 Å². The summed E-state index contributed by atoms with van der Waals surface area (Å²) in [4.78, 5) is 0. The van der Waals surface area contributed by atoms with Gasteiger partial charge in [-0.05, 0) is 6.42 Å². The lowest BCUT2D eigenvalue weighted by Crippen LogP contribution is -2.48. The Balaban J connectivity index is 3.34. The first-order chi connectivity index (χ1) is 13.6. The second-order valence-corrected chi connectivity index (χ2v) is 9.09. The van der Waals surface area contributed by atoms with Crippen molar-refractivity contribution in [3.05, 3.63) is 0 Å². The van der Waals surface area contributed by atoms with Gasteiger partial charge in [-0.3, -0.25) is 0 Å². The van der Waals surface area contributed by atoms with E-state index in [1.165, 1.54) is 83.5 Å². The van der Waals surface area contributed by atoms with Crippen molar-refractivity contribution in [2.75, 3.05) is 54.1 Å². The molecule has 0 aromatic carbocycles. The molecule has 0 saturated carbocycles. The molecule has 1 atom stereocenters. The number of likely N-dealkylation sites (N-methyl/N-ethyl adjacent to an activating group) is 1. The maximum absolute atomic E-state index is 9.12. The van der Waals surface area contributed by atoms with Gasteiger partial charge in [-0.1, -0.05) is 90.4 Å². The van der Waals surface area contributed by atoms with Crippen LogP contribution in [0.3, 0.4) is 0 Å². The summed E-state index contributed by atoms with van der Waals surface area (Å²) in [7, 11) is 5.99. The number of quaternary nitrogens is 1. The Labute approximate surface area is 176 Å². The van der Waals surface area contributed by atoms with Crippen LogP contribution in [0, 0.1) is 0 Å². The van der Waals surface area contributed by atoms with Gasteiger partial charge in [-0.2, -0.15) is 0 Å². The molecule has 4 nitrogen and oxygen atoms in total. The molecule has 0 saturated heterocycles. The first-order valence-electron chi connectivity index (χ1n) is 12.1. The number of methoxy groups -OCH3 is 1. The summed E-state index contributed by atoms with van der Waals surface area (Å²) < 4.78 is 12.1. The number of rotatable bonds is 22. The number of aliphatic hydroxyl groups is 1. The Morgan fingerprint density at radius 2 is 1.21 bits per heavy atom. The molecule has 1 N–H and O–H groups in total. The van der Waals surface area contributed by atoms with Crippen LogP contribution in [-0.4, -0.2) is 69.8 Å². The van der Waals surface area contributed by atoms with Gasteiger partial charge in [0.2, 0.25) is 0 Å². The third kappa shape index (κ3) is 19.2. The molecule has 0 fully saturated rings. The van der Waals surface area contributed by atoms with E-state index in [1.807, 2.05) is 0 Å². The van der Waals surface area contributed by atoms with Crippen LogP contribution in [0.4, 0.5) is 0 Å². The van der Waals surface area contributed by atoms with E-state index in [4.69, 9.17) is 14.6 Å². The average molecular weight is 403 g/mol. The zero-order valence-corrected chi connectivity index (χ0v) is 19.7. The maximum Gasteiger partial charge on any atom is 0.129 e. The predicted octanol–water partition coefficient (Wildman–Crippen LogP) is 5.57. The summed E-state index contributed by atoms with van der Waals surface area (Å²) in [5.41, 5.74) is 0. The minimum Gasteiger partial charge on any atom is -0.391 e. The molecule has 1 unspecified atom stereocenters. The highest BCUT2D eigenvalue weighted by Gasteiger charge is 2.21. The average Bonchev–Trinajstić information content (AvgIpc) is 2.66. The number of unbranched alkanes of at least 4 members (excludes halogenated alkanes) is 13. The lowest BCUT2D eigenvalue weighted by molar-refractivity contribution is -0.893. The second-order valence-electron chi connectivity index (χ2n) is 9.09. The maximum atomic E-state index is 9.12. The molecule has 0 aliphatic heterocycles. The van der Waals surface area contributed by atoms with Gasteiger partial charge in [-0.25, -0.2) is 0 Å². The molecule has 0 bridgehead atoms. The molecular weight excluding hydrogens is 350 g/mol. The van der Waals surface area contributed by atoms with Crippen molar-refractivity contribution in [2.24, 2.45) is 0 Å². The highest BCUT2D eigenvalue weighted by atomic mass is 16.5. The quantitative estimate of drug-likeness (QED) is 0.190. The Bertz CT molecular complexity index is 310. The molecule has 0 heterocycles. The molecule has 28 heavy (non-hydrogen) atoms. The minimum absolute atomic E-state index is 0.105. The first-order valence-corrected chi connectivity index (χ1v) is 12.1. The third-order valence-electron chi connectivity index (χ3n) is 5.68. The van der Waals surface area contributed by atoms with Crippen LogP contribution in [0.5, 0.6) is 0 Å². The van der Waals surface area contributed by atoms with Gasteiger partial charge < -0.3 is 19.1 Å². The Hall–Kier alpha value is -0.160. The van der Waals surface area contributed by atoms with Gasteiger partial charge in [0.1, 0.15) is 19.2 Å². The fourth-order valence-corrected chi connectivity index (χ4v) is 3.72. The Morgan fingerprint density at radius 3 is 1.64 bits per heavy atom. The zero-order valence-electron chi connectivity index (χ0n) is 19.7. The lowest BCUT2D eigenvalue weighted by Gasteiger charge is -2.32. The van der Waals surface area contributed by atoms with E-state index in [0.717, 1.165) is 30.6 Å². The van der Waals surface area contributed by atoms with Gasteiger partial charge in [-0.15, -0.1) is 0 Å². The highest BCUT2D eigenvalue weighted by Crippen LogP contribution is 2.13. The van der Waals surface area contributed by atoms with Crippen molar-refractivity contribution in [1.82, 2.24) is 0 Å². The van der Waals surface area contributed by atoms with Crippen LogP contribution in [-0.2, 0) is 9.47 Å². The predicted molar refractivity (Wildman–Crippen MR) is 121 cm³/mol. The molecule has 0 aromatic heterocycles. The molecule has 0 aliphatic rings. The number of hydrogen-bond acceptors (Lipinski definition) is 3. The Morgan fingerprint density at radius 1 is 0.750 bits per heavy atom. The minimum atomic E-state index is 0.105. The number of nitrogens with zero attached hydrogens (tertiary/aromatic N) is 1. The highest BCUT2D eigenvalue weighted by molar-refractivity contribution is 4.55. The van der Waals surface area contributed by atoms with E-state index in [2.05, 4.69) is 21.0 Å². The van der Waals surface area contributed by atoms with Gasteiger partial charge >= 0.3 is 0 Å². The van der Waals surface area contributed by atoms with Crippen molar-refractivity contribution in [2.45, 2.75) is 103 Å². The number of aliphatic hydroxyl groups excluding tert-OH is 1. The molecule has 170 valence electrons. The van der Waals surface area contributed by atoms with Crippen LogP contribution in [0.25, 0.3) is 0 Å². The Kier molecular flexibility index (Phi) is 20.0. The van der Waals surface area contributed by atoms with E-state index in [9.17, 15) is 0 Å². The van der Waals surface area contributed by atoms with Crippen molar-refractivity contribution in [3.63, 3.8) is 0 Å². The van der Waals surface area contributed by atoms with E-state index in [0.29, 0.717) is 6.61 Å². The van der Waals surface area contributed by atoms with Gasteiger partial charge in [0.15, 0.2) is 0 Å². The number of ether oxygens (including phenoxy) is 2.